The molecule has 0 bridgehead atoms. The predicted molar refractivity (Wildman–Crippen MR) is 244 cm³/mol. The lowest BCUT2D eigenvalue weighted by molar-refractivity contribution is -0.127. The summed E-state index contributed by atoms with van der Waals surface area (Å²) in [5, 5.41) is 11.9. The molecule has 0 aliphatic heterocycles. The number of benzene rings is 1. The Morgan fingerprint density at radius 2 is 1.39 bits per heavy atom. The van der Waals surface area contributed by atoms with E-state index in [1.807, 2.05) is 40.0 Å². The first kappa shape index (κ1) is 55.0. The van der Waals surface area contributed by atoms with E-state index in [2.05, 4.69) is 96.0 Å². The first-order valence-corrected chi connectivity index (χ1v) is 21.2. The molecular weight excluding hydrogens is 705 g/mol. The molecule has 57 heavy (non-hydrogen) atoms. The number of fused-ring (bicyclic) bond motifs is 7. The molecule has 0 heterocycles. The van der Waals surface area contributed by atoms with E-state index in [1.54, 1.807) is 18.2 Å². The second-order valence-electron chi connectivity index (χ2n) is 16.5. The van der Waals surface area contributed by atoms with Crippen molar-refractivity contribution in [2.75, 3.05) is 26.7 Å². The molecular formula is C51H80N2O4. The van der Waals surface area contributed by atoms with Crippen molar-refractivity contribution in [1.29, 1.82) is 0 Å². The minimum atomic E-state index is -0.842. The minimum Gasteiger partial charge on any atom is -0.478 e. The number of aldehydes is 1. The zero-order valence-corrected chi connectivity index (χ0v) is 37.6. The molecule has 8 atom stereocenters. The number of amides is 1. The number of terminal acetylenes is 3. The SMILES string of the molecule is C#C.C#C.C#C.C=CC.CC.CC1(C)C(c2ccc(C(=O)O)cc2)=CC[C@]2(C)C3CCC4C(CC[C@@]5(C)CCCC45)C3CCC12.CC=O.CCN(C)CCNC=O. The Morgan fingerprint density at radius 3 is 1.89 bits per heavy atom. The van der Waals surface area contributed by atoms with Gasteiger partial charge in [0.1, 0.15) is 6.29 Å². The summed E-state index contributed by atoms with van der Waals surface area (Å²) < 4.78 is 0. The van der Waals surface area contributed by atoms with Crippen LogP contribution in [0.25, 0.3) is 5.57 Å². The summed E-state index contributed by atoms with van der Waals surface area (Å²) in [4.78, 5) is 32.0. The van der Waals surface area contributed by atoms with E-state index in [-0.39, 0.29) is 5.41 Å². The van der Waals surface area contributed by atoms with Gasteiger partial charge in [-0.15, -0.1) is 45.1 Å². The largest absolute Gasteiger partial charge is 0.478 e. The van der Waals surface area contributed by atoms with Gasteiger partial charge in [-0.1, -0.05) is 79.2 Å². The van der Waals surface area contributed by atoms with Crippen molar-refractivity contribution in [3.8, 4) is 38.5 Å². The second kappa shape index (κ2) is 28.4. The number of aromatic carboxylic acids is 1. The molecule has 6 unspecified atom stereocenters. The first-order chi connectivity index (χ1) is 27.3. The molecule has 1 aromatic carbocycles. The number of carbonyl (C=O) groups excluding carboxylic acids is 2. The van der Waals surface area contributed by atoms with Gasteiger partial charge in [0.25, 0.3) is 0 Å². The van der Waals surface area contributed by atoms with Crippen molar-refractivity contribution in [3.63, 3.8) is 0 Å². The van der Waals surface area contributed by atoms with Crippen LogP contribution >= 0.6 is 0 Å². The molecule has 5 aliphatic carbocycles. The molecule has 0 saturated heterocycles. The van der Waals surface area contributed by atoms with Gasteiger partial charge in [-0.05, 0) is 160 Å². The maximum Gasteiger partial charge on any atom is 0.335 e. The molecule has 1 aromatic rings. The van der Waals surface area contributed by atoms with Crippen molar-refractivity contribution < 1.29 is 19.5 Å². The number of likely N-dealkylation sites (N-methyl/N-ethyl adjacent to an activating group) is 1. The highest BCUT2D eigenvalue weighted by atomic mass is 16.4. The molecule has 0 aromatic heterocycles. The van der Waals surface area contributed by atoms with Crippen LogP contribution in [0.15, 0.2) is 43.0 Å². The highest BCUT2D eigenvalue weighted by Crippen LogP contribution is 2.69. The molecule has 318 valence electrons. The normalized spacial score (nSPS) is 28.9. The maximum absolute atomic E-state index is 11.3. The van der Waals surface area contributed by atoms with Crippen LogP contribution in [0.1, 0.15) is 142 Å². The van der Waals surface area contributed by atoms with Crippen LogP contribution in [0.4, 0.5) is 0 Å². The third-order valence-electron chi connectivity index (χ3n) is 13.6. The highest BCUT2D eigenvalue weighted by molar-refractivity contribution is 5.88. The number of nitrogens with zero attached hydrogens (tertiary/aromatic N) is 1. The van der Waals surface area contributed by atoms with E-state index < -0.39 is 5.97 Å². The van der Waals surface area contributed by atoms with E-state index in [1.165, 1.54) is 82.3 Å². The van der Waals surface area contributed by atoms with Crippen LogP contribution in [0.5, 0.6) is 0 Å². The average Bonchev–Trinajstić information content (AvgIpc) is 3.63. The number of hydrogen-bond donors (Lipinski definition) is 2. The van der Waals surface area contributed by atoms with Crippen LogP contribution in [0.2, 0.25) is 0 Å². The van der Waals surface area contributed by atoms with Gasteiger partial charge in [-0.3, -0.25) is 4.79 Å². The van der Waals surface area contributed by atoms with E-state index in [4.69, 9.17) is 4.79 Å². The zero-order valence-electron chi connectivity index (χ0n) is 37.6. The monoisotopic (exact) mass is 785 g/mol. The molecule has 0 spiro atoms. The Kier molecular flexibility index (Phi) is 27.4. The van der Waals surface area contributed by atoms with E-state index in [9.17, 15) is 14.7 Å². The summed E-state index contributed by atoms with van der Waals surface area (Å²) in [6.45, 7) is 25.7. The molecule has 1 amide bonds. The molecule has 6 heteroatoms. The van der Waals surface area contributed by atoms with Crippen molar-refractivity contribution >= 4 is 24.2 Å². The third kappa shape index (κ3) is 14.1. The lowest BCUT2D eigenvalue weighted by Crippen LogP contribution is -2.56. The van der Waals surface area contributed by atoms with Crippen LogP contribution in [-0.4, -0.2) is 55.4 Å². The number of carboxylic acid groups (broad SMARTS) is 1. The van der Waals surface area contributed by atoms with Gasteiger partial charge in [-0.25, -0.2) is 4.79 Å². The Bertz CT molecular complexity index is 1380. The molecule has 6 nitrogen and oxygen atoms in total. The third-order valence-corrected chi connectivity index (χ3v) is 13.6. The topological polar surface area (TPSA) is 86.7 Å². The summed E-state index contributed by atoms with van der Waals surface area (Å²) in [5.41, 5.74) is 4.23. The highest BCUT2D eigenvalue weighted by Gasteiger charge is 2.60. The second-order valence-corrected chi connectivity index (χ2v) is 16.5. The van der Waals surface area contributed by atoms with E-state index in [0.29, 0.717) is 22.3 Å². The minimum absolute atomic E-state index is 0.121. The fourth-order valence-corrected chi connectivity index (χ4v) is 11.3. The summed E-state index contributed by atoms with van der Waals surface area (Å²) >= 11 is 0. The fourth-order valence-electron chi connectivity index (χ4n) is 11.3. The Morgan fingerprint density at radius 1 is 0.860 bits per heavy atom. The zero-order chi connectivity index (χ0) is 44.4. The molecule has 4 saturated carbocycles. The van der Waals surface area contributed by atoms with Crippen LogP contribution < -0.4 is 5.32 Å². The van der Waals surface area contributed by atoms with Crippen molar-refractivity contribution in [2.45, 2.75) is 127 Å². The van der Waals surface area contributed by atoms with Gasteiger partial charge in [0.05, 0.1) is 5.56 Å². The van der Waals surface area contributed by atoms with Crippen molar-refractivity contribution in [3.05, 3.63) is 54.1 Å². The molecule has 6 rings (SSSR count). The first-order valence-electron chi connectivity index (χ1n) is 21.2. The lowest BCUT2D eigenvalue weighted by Gasteiger charge is -2.64. The number of hydrogen-bond acceptors (Lipinski definition) is 4. The van der Waals surface area contributed by atoms with Crippen LogP contribution in [0, 0.1) is 90.3 Å². The molecule has 5 aliphatic rings. The van der Waals surface area contributed by atoms with E-state index in [0.717, 1.165) is 61.9 Å². The summed E-state index contributed by atoms with van der Waals surface area (Å²) in [7, 11) is 2.02. The lowest BCUT2D eigenvalue weighted by atomic mass is 9.41. The molecule has 2 N–H and O–H groups in total. The maximum atomic E-state index is 11.3. The van der Waals surface area contributed by atoms with Gasteiger partial charge >= 0.3 is 5.97 Å². The van der Waals surface area contributed by atoms with Gasteiger partial charge < -0.3 is 20.1 Å². The number of carbonyl (C=O) groups is 3. The predicted octanol–water partition coefficient (Wildman–Crippen LogP) is 11.3. The Hall–Kier alpha value is -4.05. The van der Waals surface area contributed by atoms with Crippen LogP contribution in [0.3, 0.4) is 0 Å². The number of nitrogens with one attached hydrogen (secondary N) is 1. The Balaban J connectivity index is 0. The fraction of sp³-hybridized carbons (Fsp3) is 0.627. The van der Waals surface area contributed by atoms with Gasteiger partial charge in [0.2, 0.25) is 6.41 Å². The van der Waals surface area contributed by atoms with Crippen molar-refractivity contribution in [2.24, 2.45) is 51.8 Å². The Labute approximate surface area is 350 Å². The molecule has 0 radical (unpaired) electrons. The molecule has 4 fully saturated rings. The standard InChI is InChI=1S/C32H44O2.C6H14N2O.C3H6.C2H4O.C2H6.3C2H2/c1-30(2)25(20-7-9-21(10-8-20)29(33)34)16-19-32(4)27-13-11-23-22(24(27)12-14-28(30)32)15-18-31(3)17-5-6-26(23)31;1-3-8(2)5-4-7-6-9;1-3-2;1-2-3;4*1-2/h7-10,16,22-24,26-28H,5-6,11-15,17-19H2,1-4H3,(H,33,34);6H,3-5H2,1-2H3,(H,7,9);3H,1H2,2H3;2H,1H3;1-2H3;3*1-2H/t22?,23?,24?,26?,27?,28?,31-,32-;;;;;;;/m1......./s1. The van der Waals surface area contributed by atoms with Gasteiger partial charge in [-0.2, -0.15) is 0 Å². The number of carboxylic acids is 1. The van der Waals surface area contributed by atoms with Crippen molar-refractivity contribution in [1.82, 2.24) is 10.2 Å². The summed E-state index contributed by atoms with van der Waals surface area (Å²) in [5.74, 6) is 4.71. The van der Waals surface area contributed by atoms with Crippen LogP contribution in [-0.2, 0) is 9.59 Å². The van der Waals surface area contributed by atoms with E-state index >= 15 is 0 Å². The average molecular weight is 785 g/mol. The van der Waals surface area contributed by atoms with Gasteiger partial charge in [0.15, 0.2) is 0 Å². The quantitative estimate of drug-likeness (QED) is 0.124. The number of allylic oxidation sites excluding steroid dienone is 3. The van der Waals surface area contributed by atoms with Gasteiger partial charge in [0, 0.05) is 13.1 Å². The summed E-state index contributed by atoms with van der Waals surface area (Å²) in [6, 6.07) is 7.63. The summed E-state index contributed by atoms with van der Waals surface area (Å²) in [6.07, 6.45) is 44.2. The smallest absolute Gasteiger partial charge is 0.335 e. The number of rotatable bonds is 7.